The van der Waals surface area contributed by atoms with Gasteiger partial charge >= 0.3 is 0 Å². The molecule has 0 saturated carbocycles. The van der Waals surface area contributed by atoms with Crippen LogP contribution in [0.4, 0.5) is 0 Å². The molecular formula is C21H28N2O3S. The van der Waals surface area contributed by atoms with Crippen LogP contribution in [-0.2, 0) is 14.8 Å². The molecule has 146 valence electrons. The SMILES string of the molecule is CC(C)(C)CNC(=O)C1CCN(S(=O)(=O)c2ccc3ccccc3c2)CC1. The molecule has 3 rings (SSSR count). The Balaban J connectivity index is 1.66. The molecule has 1 aliphatic heterocycles. The second kappa shape index (κ2) is 7.60. The second-order valence-electron chi connectivity index (χ2n) is 8.47. The van der Waals surface area contributed by atoms with E-state index in [4.69, 9.17) is 0 Å². The zero-order valence-electron chi connectivity index (χ0n) is 16.2. The van der Waals surface area contributed by atoms with Gasteiger partial charge in [-0.25, -0.2) is 8.42 Å². The van der Waals surface area contributed by atoms with Crippen molar-refractivity contribution >= 4 is 26.7 Å². The summed E-state index contributed by atoms with van der Waals surface area (Å²) in [6.45, 7) is 7.61. The summed E-state index contributed by atoms with van der Waals surface area (Å²) in [6, 6.07) is 13.0. The van der Waals surface area contributed by atoms with Crippen LogP contribution >= 0.6 is 0 Å². The van der Waals surface area contributed by atoms with Crippen LogP contribution in [0.2, 0.25) is 0 Å². The smallest absolute Gasteiger partial charge is 0.243 e. The summed E-state index contributed by atoms with van der Waals surface area (Å²) in [6.07, 6.45) is 1.12. The third kappa shape index (κ3) is 4.68. The molecule has 1 amide bonds. The monoisotopic (exact) mass is 388 g/mol. The van der Waals surface area contributed by atoms with Crippen molar-refractivity contribution in [3.05, 3.63) is 42.5 Å². The Hall–Kier alpha value is -1.92. The molecule has 0 aromatic heterocycles. The molecule has 1 saturated heterocycles. The van der Waals surface area contributed by atoms with Gasteiger partial charge in [-0.05, 0) is 41.2 Å². The zero-order chi connectivity index (χ0) is 19.7. The number of hydrogen-bond acceptors (Lipinski definition) is 3. The van der Waals surface area contributed by atoms with Crippen LogP contribution in [0.25, 0.3) is 10.8 Å². The molecule has 0 spiro atoms. The molecule has 0 aliphatic carbocycles. The lowest BCUT2D eigenvalue weighted by Gasteiger charge is -2.31. The molecule has 0 unspecified atom stereocenters. The number of amides is 1. The minimum absolute atomic E-state index is 0.0349. The van der Waals surface area contributed by atoms with Gasteiger partial charge in [0.25, 0.3) is 0 Å². The number of carbonyl (C=O) groups excluding carboxylic acids is 1. The van der Waals surface area contributed by atoms with Gasteiger partial charge in [0, 0.05) is 25.6 Å². The first-order valence-corrected chi connectivity index (χ1v) is 10.9. The van der Waals surface area contributed by atoms with Gasteiger partial charge in [-0.15, -0.1) is 0 Å². The molecule has 0 radical (unpaired) electrons. The number of benzene rings is 2. The second-order valence-corrected chi connectivity index (χ2v) is 10.4. The van der Waals surface area contributed by atoms with Crippen molar-refractivity contribution in [3.63, 3.8) is 0 Å². The van der Waals surface area contributed by atoms with Gasteiger partial charge in [0.1, 0.15) is 0 Å². The van der Waals surface area contributed by atoms with Crippen LogP contribution in [0, 0.1) is 11.3 Å². The minimum Gasteiger partial charge on any atom is -0.355 e. The van der Waals surface area contributed by atoms with Crippen molar-refractivity contribution in [2.45, 2.75) is 38.5 Å². The third-order valence-electron chi connectivity index (χ3n) is 4.98. The van der Waals surface area contributed by atoms with E-state index in [1.165, 1.54) is 4.31 Å². The Kier molecular flexibility index (Phi) is 5.58. The molecular weight excluding hydrogens is 360 g/mol. The fourth-order valence-corrected chi connectivity index (χ4v) is 4.84. The highest BCUT2D eigenvalue weighted by atomic mass is 32.2. The number of nitrogens with one attached hydrogen (secondary N) is 1. The normalized spacial score (nSPS) is 17.1. The lowest BCUT2D eigenvalue weighted by atomic mass is 9.94. The number of nitrogens with zero attached hydrogens (tertiary/aromatic N) is 1. The van der Waals surface area contributed by atoms with Crippen LogP contribution in [0.1, 0.15) is 33.6 Å². The number of hydrogen-bond donors (Lipinski definition) is 1. The Morgan fingerprint density at radius 1 is 1.07 bits per heavy atom. The van der Waals surface area contributed by atoms with Crippen molar-refractivity contribution in [3.8, 4) is 0 Å². The molecule has 1 N–H and O–H groups in total. The van der Waals surface area contributed by atoms with Crippen molar-refractivity contribution in [1.82, 2.24) is 9.62 Å². The molecule has 5 nitrogen and oxygen atoms in total. The van der Waals surface area contributed by atoms with Gasteiger partial charge < -0.3 is 5.32 Å². The first kappa shape index (κ1) is 19.8. The Morgan fingerprint density at radius 3 is 2.33 bits per heavy atom. The van der Waals surface area contributed by atoms with E-state index in [9.17, 15) is 13.2 Å². The number of carbonyl (C=O) groups is 1. The summed E-state index contributed by atoms with van der Waals surface area (Å²) in [7, 11) is -3.54. The molecule has 27 heavy (non-hydrogen) atoms. The molecule has 0 atom stereocenters. The van der Waals surface area contributed by atoms with Crippen molar-refractivity contribution < 1.29 is 13.2 Å². The highest BCUT2D eigenvalue weighted by Gasteiger charge is 2.32. The summed E-state index contributed by atoms with van der Waals surface area (Å²) in [5.74, 6) is -0.0805. The average molecular weight is 389 g/mol. The van der Waals surface area contributed by atoms with Crippen LogP contribution in [0.15, 0.2) is 47.4 Å². The molecule has 2 aromatic rings. The predicted octanol–water partition coefficient (Wildman–Crippen LogP) is 3.40. The molecule has 1 aliphatic rings. The summed E-state index contributed by atoms with van der Waals surface area (Å²) < 4.78 is 27.5. The van der Waals surface area contributed by atoms with Gasteiger partial charge in [-0.3, -0.25) is 4.79 Å². The first-order valence-electron chi connectivity index (χ1n) is 9.43. The van der Waals surface area contributed by atoms with Gasteiger partial charge in [0.05, 0.1) is 4.90 Å². The van der Waals surface area contributed by atoms with Crippen LogP contribution in [-0.4, -0.2) is 38.3 Å². The largest absolute Gasteiger partial charge is 0.355 e. The van der Waals surface area contributed by atoms with Gasteiger partial charge in [0.15, 0.2) is 0 Å². The quantitative estimate of drug-likeness (QED) is 0.873. The van der Waals surface area contributed by atoms with Gasteiger partial charge in [0.2, 0.25) is 15.9 Å². The maximum Gasteiger partial charge on any atom is 0.243 e. The summed E-state index contributed by atoms with van der Waals surface area (Å²) in [5.41, 5.74) is 0.0375. The lowest BCUT2D eigenvalue weighted by Crippen LogP contribution is -2.44. The average Bonchev–Trinajstić information content (AvgIpc) is 2.65. The topological polar surface area (TPSA) is 66.5 Å². The summed E-state index contributed by atoms with van der Waals surface area (Å²) in [4.78, 5) is 12.7. The number of fused-ring (bicyclic) bond motifs is 1. The minimum atomic E-state index is -3.54. The van der Waals surface area contributed by atoms with Crippen molar-refractivity contribution in [2.24, 2.45) is 11.3 Å². The highest BCUT2D eigenvalue weighted by molar-refractivity contribution is 7.89. The first-order chi connectivity index (χ1) is 12.7. The van der Waals surface area contributed by atoms with E-state index in [0.29, 0.717) is 37.4 Å². The lowest BCUT2D eigenvalue weighted by molar-refractivity contribution is -0.126. The van der Waals surface area contributed by atoms with E-state index in [1.807, 2.05) is 30.3 Å². The molecule has 0 bridgehead atoms. The summed E-state index contributed by atoms with van der Waals surface area (Å²) >= 11 is 0. The van der Waals surface area contributed by atoms with Crippen LogP contribution in [0.5, 0.6) is 0 Å². The van der Waals surface area contributed by atoms with E-state index in [0.717, 1.165) is 10.8 Å². The molecule has 6 heteroatoms. The fourth-order valence-electron chi connectivity index (χ4n) is 3.33. The molecule has 2 aromatic carbocycles. The number of rotatable bonds is 4. The Bertz CT molecular complexity index is 924. The van der Waals surface area contributed by atoms with Crippen molar-refractivity contribution in [2.75, 3.05) is 19.6 Å². The van der Waals surface area contributed by atoms with E-state index in [-0.39, 0.29) is 17.2 Å². The van der Waals surface area contributed by atoms with E-state index >= 15 is 0 Å². The molecule has 1 fully saturated rings. The maximum absolute atomic E-state index is 13.0. The Labute approximate surface area is 161 Å². The maximum atomic E-state index is 13.0. The summed E-state index contributed by atoms with van der Waals surface area (Å²) in [5, 5.41) is 4.92. The number of sulfonamides is 1. The van der Waals surface area contributed by atoms with E-state index in [2.05, 4.69) is 26.1 Å². The van der Waals surface area contributed by atoms with Crippen LogP contribution < -0.4 is 5.32 Å². The van der Waals surface area contributed by atoms with Crippen LogP contribution in [0.3, 0.4) is 0 Å². The Morgan fingerprint density at radius 2 is 1.70 bits per heavy atom. The fraction of sp³-hybridized carbons (Fsp3) is 0.476. The number of piperidine rings is 1. The van der Waals surface area contributed by atoms with Crippen molar-refractivity contribution in [1.29, 1.82) is 0 Å². The predicted molar refractivity (Wildman–Crippen MR) is 108 cm³/mol. The van der Waals surface area contributed by atoms with Gasteiger partial charge in [-0.2, -0.15) is 4.31 Å². The highest BCUT2D eigenvalue weighted by Crippen LogP contribution is 2.26. The van der Waals surface area contributed by atoms with E-state index in [1.54, 1.807) is 12.1 Å². The standard InChI is InChI=1S/C21H28N2O3S/c1-21(2,3)15-22-20(24)17-10-12-23(13-11-17)27(25,26)19-9-8-16-6-4-5-7-18(16)14-19/h4-9,14,17H,10-13,15H2,1-3H3,(H,22,24). The molecule has 1 heterocycles. The third-order valence-corrected chi connectivity index (χ3v) is 6.87. The van der Waals surface area contributed by atoms with E-state index < -0.39 is 10.0 Å². The zero-order valence-corrected chi connectivity index (χ0v) is 17.1. The van der Waals surface area contributed by atoms with Gasteiger partial charge in [-0.1, -0.05) is 51.1 Å².